The molecule has 2 aromatic rings. The van der Waals surface area contributed by atoms with Crippen LogP contribution in [0.5, 0.6) is 0 Å². The van der Waals surface area contributed by atoms with Crippen LogP contribution in [0.15, 0.2) is 23.6 Å². The first-order valence-corrected chi connectivity index (χ1v) is 7.04. The van der Waals surface area contributed by atoms with Crippen molar-refractivity contribution >= 4 is 34.2 Å². The summed E-state index contributed by atoms with van der Waals surface area (Å²) in [4.78, 5) is 4.56. The highest BCUT2D eigenvalue weighted by Gasteiger charge is 2.12. The summed E-state index contributed by atoms with van der Waals surface area (Å²) >= 11 is 6.37. The number of aryl methyl sites for hydroxylation is 1. The van der Waals surface area contributed by atoms with E-state index in [4.69, 9.17) is 18.0 Å². The van der Waals surface area contributed by atoms with Crippen molar-refractivity contribution < 1.29 is 4.39 Å². The summed E-state index contributed by atoms with van der Waals surface area (Å²) in [6, 6.07) is 4.63. The highest BCUT2D eigenvalue weighted by molar-refractivity contribution is 7.80. The van der Waals surface area contributed by atoms with Gasteiger partial charge in [0.1, 0.15) is 15.8 Å². The molecule has 3 N–H and O–H groups in total. The normalized spacial score (nSPS) is 12.2. The molecule has 1 unspecified atom stereocenters. The van der Waals surface area contributed by atoms with Crippen molar-refractivity contribution in [3.63, 3.8) is 0 Å². The zero-order valence-electron chi connectivity index (χ0n) is 10.6. The van der Waals surface area contributed by atoms with E-state index in [0.717, 1.165) is 10.7 Å². The molecule has 0 saturated carbocycles. The maximum atomic E-state index is 13.9. The number of hydrogen-bond donors (Lipinski definition) is 2. The van der Waals surface area contributed by atoms with Crippen LogP contribution in [0.3, 0.4) is 0 Å². The Balaban J connectivity index is 2.17. The van der Waals surface area contributed by atoms with Crippen LogP contribution in [0.4, 0.5) is 10.1 Å². The van der Waals surface area contributed by atoms with E-state index in [1.807, 2.05) is 19.2 Å². The Morgan fingerprint density at radius 2 is 2.26 bits per heavy atom. The van der Waals surface area contributed by atoms with Crippen molar-refractivity contribution in [2.75, 3.05) is 5.32 Å². The van der Waals surface area contributed by atoms with Gasteiger partial charge in [-0.05, 0) is 32.0 Å². The minimum Gasteiger partial charge on any atom is -0.389 e. The molecular formula is C13H14FN3S2. The molecule has 1 heterocycles. The summed E-state index contributed by atoms with van der Waals surface area (Å²) < 4.78 is 13.9. The molecule has 1 aromatic carbocycles. The number of rotatable bonds is 4. The number of thiocarbonyl (C=S) groups is 1. The highest BCUT2D eigenvalue weighted by Crippen LogP contribution is 2.24. The molecule has 1 atom stereocenters. The van der Waals surface area contributed by atoms with Gasteiger partial charge in [0.05, 0.1) is 11.7 Å². The number of nitrogens with two attached hydrogens (primary N) is 1. The van der Waals surface area contributed by atoms with E-state index in [-0.39, 0.29) is 16.8 Å². The fourth-order valence-electron chi connectivity index (χ4n) is 1.65. The first kappa shape index (κ1) is 13.9. The fourth-order valence-corrected chi connectivity index (χ4v) is 2.58. The van der Waals surface area contributed by atoms with Crippen molar-refractivity contribution in [1.82, 2.24) is 4.98 Å². The van der Waals surface area contributed by atoms with Crippen molar-refractivity contribution in [2.45, 2.75) is 19.9 Å². The van der Waals surface area contributed by atoms with E-state index in [1.54, 1.807) is 23.5 Å². The van der Waals surface area contributed by atoms with Gasteiger partial charge in [-0.1, -0.05) is 12.2 Å². The second-order valence-electron chi connectivity index (χ2n) is 4.25. The minimum absolute atomic E-state index is 0.0520. The Bertz CT molecular complexity index is 610. The second-order valence-corrected chi connectivity index (χ2v) is 5.58. The van der Waals surface area contributed by atoms with E-state index in [0.29, 0.717) is 11.3 Å². The zero-order chi connectivity index (χ0) is 14.0. The molecule has 100 valence electrons. The third kappa shape index (κ3) is 3.27. The molecular weight excluding hydrogens is 281 g/mol. The lowest BCUT2D eigenvalue weighted by molar-refractivity contribution is 0.627. The predicted molar refractivity (Wildman–Crippen MR) is 81.2 cm³/mol. The molecule has 0 amide bonds. The lowest BCUT2D eigenvalue weighted by Gasteiger charge is -2.14. The Morgan fingerprint density at radius 3 is 2.79 bits per heavy atom. The number of halogens is 1. The molecule has 0 radical (unpaired) electrons. The Hall–Kier alpha value is -1.53. The molecule has 0 saturated heterocycles. The van der Waals surface area contributed by atoms with Crippen LogP contribution in [-0.4, -0.2) is 9.97 Å². The van der Waals surface area contributed by atoms with Crippen LogP contribution in [0.25, 0.3) is 0 Å². The van der Waals surface area contributed by atoms with Crippen LogP contribution in [0.2, 0.25) is 0 Å². The lowest BCUT2D eigenvalue weighted by Crippen LogP contribution is -2.11. The molecule has 1 aromatic heterocycles. The monoisotopic (exact) mass is 295 g/mol. The van der Waals surface area contributed by atoms with E-state index in [9.17, 15) is 4.39 Å². The molecule has 0 aliphatic rings. The summed E-state index contributed by atoms with van der Waals surface area (Å²) in [7, 11) is 0. The summed E-state index contributed by atoms with van der Waals surface area (Å²) in [5, 5.41) is 5.99. The van der Waals surface area contributed by atoms with Gasteiger partial charge in [-0.2, -0.15) is 0 Å². The molecule has 6 heteroatoms. The lowest BCUT2D eigenvalue weighted by atomic mass is 10.2. The molecule has 0 aliphatic heterocycles. The Morgan fingerprint density at radius 1 is 1.53 bits per heavy atom. The van der Waals surface area contributed by atoms with Crippen LogP contribution in [0, 0.1) is 12.7 Å². The number of aromatic nitrogens is 1. The van der Waals surface area contributed by atoms with Crippen LogP contribution < -0.4 is 11.1 Å². The standard InChI is InChI=1S/C13H14FN3S2/c1-7-6-19-13(16-7)8(2)17-11-4-3-9(12(15)18)5-10(11)14/h3-6,8,17H,1-2H3,(H2,15,18). The van der Waals surface area contributed by atoms with E-state index < -0.39 is 0 Å². The Kier molecular flexibility index (Phi) is 4.11. The van der Waals surface area contributed by atoms with Crippen LogP contribution >= 0.6 is 23.6 Å². The predicted octanol–water partition coefficient (Wildman–Crippen LogP) is 3.40. The van der Waals surface area contributed by atoms with E-state index in [2.05, 4.69) is 10.3 Å². The maximum Gasteiger partial charge on any atom is 0.147 e. The molecule has 0 spiro atoms. The van der Waals surface area contributed by atoms with Crippen molar-refractivity contribution in [3.05, 3.63) is 45.7 Å². The average molecular weight is 295 g/mol. The van der Waals surface area contributed by atoms with Crippen molar-refractivity contribution in [3.8, 4) is 0 Å². The second kappa shape index (κ2) is 5.63. The topological polar surface area (TPSA) is 50.9 Å². The number of nitrogens with zero attached hydrogens (tertiary/aromatic N) is 1. The van der Waals surface area contributed by atoms with Gasteiger partial charge in [0.25, 0.3) is 0 Å². The summed E-state index contributed by atoms with van der Waals surface area (Å²) in [6.07, 6.45) is 0. The minimum atomic E-state index is -0.370. The van der Waals surface area contributed by atoms with Gasteiger partial charge in [0, 0.05) is 16.6 Å². The smallest absolute Gasteiger partial charge is 0.147 e. The highest BCUT2D eigenvalue weighted by atomic mass is 32.1. The first-order chi connectivity index (χ1) is 8.97. The molecule has 0 fully saturated rings. The molecule has 0 aliphatic carbocycles. The molecule has 19 heavy (non-hydrogen) atoms. The van der Waals surface area contributed by atoms with Crippen LogP contribution in [-0.2, 0) is 0 Å². The zero-order valence-corrected chi connectivity index (χ0v) is 12.2. The fraction of sp³-hybridized carbons (Fsp3) is 0.231. The number of anilines is 1. The summed E-state index contributed by atoms with van der Waals surface area (Å²) in [5.74, 6) is -0.370. The maximum absolute atomic E-state index is 13.9. The number of hydrogen-bond acceptors (Lipinski definition) is 4. The van der Waals surface area contributed by atoms with Gasteiger partial charge in [0.2, 0.25) is 0 Å². The summed E-state index contributed by atoms with van der Waals surface area (Å²) in [5.41, 5.74) is 7.38. The van der Waals surface area contributed by atoms with Gasteiger partial charge in [-0.15, -0.1) is 11.3 Å². The van der Waals surface area contributed by atoms with E-state index in [1.165, 1.54) is 6.07 Å². The Labute approximate surface area is 120 Å². The number of thiazole rings is 1. The number of benzene rings is 1. The average Bonchev–Trinajstić information content (AvgIpc) is 2.78. The quantitative estimate of drug-likeness (QED) is 0.849. The third-order valence-electron chi connectivity index (χ3n) is 2.63. The number of nitrogens with one attached hydrogen (secondary N) is 1. The van der Waals surface area contributed by atoms with Crippen LogP contribution in [0.1, 0.15) is 29.2 Å². The molecule has 3 nitrogen and oxygen atoms in total. The van der Waals surface area contributed by atoms with Gasteiger partial charge >= 0.3 is 0 Å². The van der Waals surface area contributed by atoms with Crippen molar-refractivity contribution in [1.29, 1.82) is 0 Å². The largest absolute Gasteiger partial charge is 0.389 e. The van der Waals surface area contributed by atoms with Crippen molar-refractivity contribution in [2.24, 2.45) is 5.73 Å². The van der Waals surface area contributed by atoms with Gasteiger partial charge in [-0.25, -0.2) is 9.37 Å². The third-order valence-corrected chi connectivity index (χ3v) is 4.01. The van der Waals surface area contributed by atoms with Gasteiger partial charge in [0.15, 0.2) is 0 Å². The van der Waals surface area contributed by atoms with Gasteiger partial charge in [-0.3, -0.25) is 0 Å². The first-order valence-electron chi connectivity index (χ1n) is 5.75. The van der Waals surface area contributed by atoms with Gasteiger partial charge < -0.3 is 11.1 Å². The molecule has 0 bridgehead atoms. The SMILES string of the molecule is Cc1csc(C(C)Nc2ccc(C(N)=S)cc2F)n1. The molecule has 2 rings (SSSR count). The summed E-state index contributed by atoms with van der Waals surface area (Å²) in [6.45, 7) is 3.88. The van der Waals surface area contributed by atoms with E-state index >= 15 is 0 Å².